The Kier molecular flexibility index (Phi) is 4.49. The van der Waals surface area contributed by atoms with E-state index in [1.807, 2.05) is 27.7 Å². The van der Waals surface area contributed by atoms with Crippen LogP contribution in [0.15, 0.2) is 24.3 Å². The van der Waals surface area contributed by atoms with E-state index < -0.39 is 11.7 Å². The summed E-state index contributed by atoms with van der Waals surface area (Å²) in [5.41, 5.74) is -0.127. The first-order valence-electron chi connectivity index (χ1n) is 7.12. The fraction of sp³-hybridized carbons (Fsp3) is 0.438. The van der Waals surface area contributed by atoms with Gasteiger partial charge in [-0.25, -0.2) is 15.0 Å². The fourth-order valence-corrected chi connectivity index (χ4v) is 1.86. The van der Waals surface area contributed by atoms with Gasteiger partial charge in [-0.05, 0) is 12.1 Å². The first-order valence-corrected chi connectivity index (χ1v) is 7.12. The molecule has 3 nitrogen and oxygen atoms in total. The average molecular weight is 309 g/mol. The molecule has 0 atom stereocenters. The lowest BCUT2D eigenvalue weighted by Crippen LogP contribution is -2.08. The van der Waals surface area contributed by atoms with Crippen molar-refractivity contribution in [3.05, 3.63) is 41.5 Å². The molecule has 0 radical (unpaired) electrons. The van der Waals surface area contributed by atoms with Gasteiger partial charge in [0, 0.05) is 17.4 Å². The maximum atomic E-state index is 12.6. The molecule has 0 unspecified atom stereocenters. The van der Waals surface area contributed by atoms with Crippen molar-refractivity contribution in [1.29, 1.82) is 0 Å². The van der Waals surface area contributed by atoms with Gasteiger partial charge in [-0.1, -0.05) is 39.8 Å². The van der Waals surface area contributed by atoms with Gasteiger partial charge in [-0.2, -0.15) is 13.2 Å². The van der Waals surface area contributed by atoms with Crippen molar-refractivity contribution in [1.82, 2.24) is 15.0 Å². The number of nitrogens with zero attached hydrogens (tertiary/aromatic N) is 3. The predicted molar refractivity (Wildman–Crippen MR) is 78.4 cm³/mol. The van der Waals surface area contributed by atoms with E-state index in [1.165, 1.54) is 12.1 Å². The summed E-state index contributed by atoms with van der Waals surface area (Å²) in [5.74, 6) is 1.95. The quantitative estimate of drug-likeness (QED) is 0.817. The maximum absolute atomic E-state index is 12.6. The first-order chi connectivity index (χ1) is 10.2. The van der Waals surface area contributed by atoms with Crippen LogP contribution in [0.25, 0.3) is 11.4 Å². The minimum absolute atomic E-state index is 0.119. The third-order valence-corrected chi connectivity index (χ3v) is 3.17. The topological polar surface area (TPSA) is 38.7 Å². The minimum Gasteiger partial charge on any atom is -0.217 e. The molecule has 0 N–H and O–H groups in total. The second kappa shape index (κ2) is 6.02. The highest BCUT2D eigenvalue weighted by atomic mass is 19.4. The SMILES string of the molecule is CC(C)c1nc(-c2ccc(C(F)(F)F)cc2)nc(C(C)C)n1. The molecule has 0 amide bonds. The Morgan fingerprint density at radius 3 is 1.59 bits per heavy atom. The Morgan fingerprint density at radius 2 is 1.23 bits per heavy atom. The highest BCUT2D eigenvalue weighted by Crippen LogP contribution is 2.30. The Labute approximate surface area is 127 Å². The van der Waals surface area contributed by atoms with Gasteiger partial charge < -0.3 is 0 Å². The van der Waals surface area contributed by atoms with Crippen molar-refractivity contribution < 1.29 is 13.2 Å². The van der Waals surface area contributed by atoms with E-state index in [0.29, 0.717) is 23.0 Å². The second-order valence-electron chi connectivity index (χ2n) is 5.76. The Balaban J connectivity index is 2.47. The summed E-state index contributed by atoms with van der Waals surface area (Å²) in [6.07, 6.45) is -4.34. The Hall–Kier alpha value is -1.98. The minimum atomic E-state index is -4.34. The molecule has 1 aromatic heterocycles. The highest BCUT2D eigenvalue weighted by Gasteiger charge is 2.30. The van der Waals surface area contributed by atoms with Crippen LogP contribution in [0.1, 0.15) is 56.7 Å². The fourth-order valence-electron chi connectivity index (χ4n) is 1.86. The van der Waals surface area contributed by atoms with Gasteiger partial charge in [0.15, 0.2) is 5.82 Å². The molecule has 0 aliphatic carbocycles. The summed E-state index contributed by atoms with van der Waals surface area (Å²) in [6, 6.07) is 4.88. The number of halogens is 3. The number of alkyl halides is 3. The van der Waals surface area contributed by atoms with E-state index in [2.05, 4.69) is 15.0 Å². The molecule has 118 valence electrons. The van der Waals surface area contributed by atoms with E-state index >= 15 is 0 Å². The zero-order valence-electron chi connectivity index (χ0n) is 12.9. The molecule has 0 saturated carbocycles. The molecule has 0 saturated heterocycles. The van der Waals surface area contributed by atoms with E-state index in [-0.39, 0.29) is 11.8 Å². The van der Waals surface area contributed by atoms with Crippen LogP contribution in [-0.4, -0.2) is 15.0 Å². The zero-order chi connectivity index (χ0) is 16.5. The van der Waals surface area contributed by atoms with Gasteiger partial charge in [0.05, 0.1) is 5.56 Å². The highest BCUT2D eigenvalue weighted by molar-refractivity contribution is 5.55. The summed E-state index contributed by atoms with van der Waals surface area (Å²) in [5, 5.41) is 0. The van der Waals surface area contributed by atoms with Gasteiger partial charge in [-0.15, -0.1) is 0 Å². The van der Waals surface area contributed by atoms with Crippen LogP contribution in [0.5, 0.6) is 0 Å². The van der Waals surface area contributed by atoms with Crippen LogP contribution in [0, 0.1) is 0 Å². The molecule has 0 spiro atoms. The third-order valence-electron chi connectivity index (χ3n) is 3.17. The van der Waals surface area contributed by atoms with Gasteiger partial charge >= 0.3 is 6.18 Å². The van der Waals surface area contributed by atoms with E-state index in [9.17, 15) is 13.2 Å². The first kappa shape index (κ1) is 16.4. The van der Waals surface area contributed by atoms with Crippen molar-refractivity contribution >= 4 is 0 Å². The third kappa shape index (κ3) is 3.61. The number of hydrogen-bond donors (Lipinski definition) is 0. The van der Waals surface area contributed by atoms with Crippen molar-refractivity contribution in [3.63, 3.8) is 0 Å². The van der Waals surface area contributed by atoms with Crippen LogP contribution in [0.3, 0.4) is 0 Å². The second-order valence-corrected chi connectivity index (χ2v) is 5.76. The largest absolute Gasteiger partial charge is 0.416 e. The lowest BCUT2D eigenvalue weighted by Gasteiger charge is -2.12. The molecule has 1 aromatic carbocycles. The number of rotatable bonds is 3. The molecule has 0 aliphatic heterocycles. The smallest absolute Gasteiger partial charge is 0.217 e. The van der Waals surface area contributed by atoms with Gasteiger partial charge in [0.1, 0.15) is 11.6 Å². The predicted octanol–water partition coefficient (Wildman–Crippen LogP) is 4.80. The zero-order valence-corrected chi connectivity index (χ0v) is 12.9. The van der Waals surface area contributed by atoms with E-state index in [4.69, 9.17) is 0 Å². The van der Waals surface area contributed by atoms with Crippen molar-refractivity contribution in [2.75, 3.05) is 0 Å². The van der Waals surface area contributed by atoms with Crippen molar-refractivity contribution in [2.45, 2.75) is 45.7 Å². The Bertz CT molecular complexity index is 620. The molecule has 2 aromatic rings. The summed E-state index contributed by atoms with van der Waals surface area (Å²) in [4.78, 5) is 13.2. The van der Waals surface area contributed by atoms with Crippen LogP contribution in [0.2, 0.25) is 0 Å². The van der Waals surface area contributed by atoms with Crippen molar-refractivity contribution in [3.8, 4) is 11.4 Å². The molecule has 1 heterocycles. The number of aromatic nitrogens is 3. The molecule has 22 heavy (non-hydrogen) atoms. The van der Waals surface area contributed by atoms with Gasteiger partial charge in [0.2, 0.25) is 0 Å². The summed E-state index contributed by atoms with van der Waals surface area (Å²) < 4.78 is 37.9. The maximum Gasteiger partial charge on any atom is 0.416 e. The lowest BCUT2D eigenvalue weighted by molar-refractivity contribution is -0.137. The molecule has 2 rings (SSSR count). The van der Waals surface area contributed by atoms with E-state index in [0.717, 1.165) is 12.1 Å². The van der Waals surface area contributed by atoms with Gasteiger partial charge in [0.25, 0.3) is 0 Å². The molecule has 0 fully saturated rings. The number of hydrogen-bond acceptors (Lipinski definition) is 3. The molecular weight excluding hydrogens is 291 g/mol. The van der Waals surface area contributed by atoms with Crippen LogP contribution in [-0.2, 0) is 6.18 Å². The van der Waals surface area contributed by atoms with Crippen LogP contribution >= 0.6 is 0 Å². The van der Waals surface area contributed by atoms with E-state index in [1.54, 1.807) is 0 Å². The molecule has 0 bridgehead atoms. The monoisotopic (exact) mass is 309 g/mol. The van der Waals surface area contributed by atoms with Gasteiger partial charge in [-0.3, -0.25) is 0 Å². The summed E-state index contributed by atoms with van der Waals surface area (Å²) >= 11 is 0. The molecule has 0 aliphatic rings. The average Bonchev–Trinajstić information content (AvgIpc) is 2.46. The molecule has 6 heteroatoms. The lowest BCUT2D eigenvalue weighted by atomic mass is 10.1. The standard InChI is InChI=1S/C16H18F3N3/c1-9(2)13-20-14(10(3)4)22-15(21-13)11-5-7-12(8-6-11)16(17,18)19/h5-10H,1-4H3. The summed E-state index contributed by atoms with van der Waals surface area (Å²) in [6.45, 7) is 7.87. The van der Waals surface area contributed by atoms with Crippen LogP contribution < -0.4 is 0 Å². The molecular formula is C16H18F3N3. The Morgan fingerprint density at radius 1 is 0.773 bits per heavy atom. The number of benzene rings is 1. The normalized spacial score (nSPS) is 12.2. The van der Waals surface area contributed by atoms with Crippen LogP contribution in [0.4, 0.5) is 13.2 Å². The van der Waals surface area contributed by atoms with Crippen molar-refractivity contribution in [2.24, 2.45) is 0 Å². The summed E-state index contributed by atoms with van der Waals surface area (Å²) in [7, 11) is 0.